The Labute approximate surface area is 175 Å². The highest BCUT2D eigenvalue weighted by atomic mass is 35.5. The van der Waals surface area contributed by atoms with E-state index in [1.165, 1.54) is 0 Å². The zero-order chi connectivity index (χ0) is 20.4. The highest BCUT2D eigenvalue weighted by Gasteiger charge is 2.36. The third kappa shape index (κ3) is 4.13. The SMILES string of the molecule is N#Cc1nc(-c2ccc(Cl)cc2)oc1N1CCC(S(=O)(=O)N2CCCCC2)CC1. The van der Waals surface area contributed by atoms with Crippen molar-refractivity contribution in [1.29, 1.82) is 5.26 Å². The fourth-order valence-electron chi connectivity index (χ4n) is 4.00. The fourth-order valence-corrected chi connectivity index (χ4v) is 6.12. The van der Waals surface area contributed by atoms with Crippen molar-refractivity contribution in [3.05, 3.63) is 35.0 Å². The average molecular weight is 435 g/mol. The van der Waals surface area contributed by atoms with Crippen LogP contribution in [0.3, 0.4) is 0 Å². The Kier molecular flexibility index (Phi) is 5.81. The van der Waals surface area contributed by atoms with E-state index >= 15 is 0 Å². The molecule has 9 heteroatoms. The van der Waals surface area contributed by atoms with E-state index in [0.29, 0.717) is 55.8 Å². The highest BCUT2D eigenvalue weighted by Crippen LogP contribution is 2.32. The summed E-state index contributed by atoms with van der Waals surface area (Å²) in [5.74, 6) is 0.766. The Balaban J connectivity index is 1.48. The Morgan fingerprint density at radius 1 is 1.07 bits per heavy atom. The maximum absolute atomic E-state index is 12.9. The lowest BCUT2D eigenvalue weighted by Crippen LogP contribution is -2.46. The van der Waals surface area contributed by atoms with Crippen LogP contribution < -0.4 is 4.90 Å². The molecule has 0 amide bonds. The zero-order valence-electron chi connectivity index (χ0n) is 16.1. The number of hydrogen-bond donors (Lipinski definition) is 0. The van der Waals surface area contributed by atoms with Crippen LogP contribution in [0.4, 0.5) is 5.88 Å². The van der Waals surface area contributed by atoms with Crippen LogP contribution in [0.25, 0.3) is 11.5 Å². The Morgan fingerprint density at radius 2 is 1.72 bits per heavy atom. The van der Waals surface area contributed by atoms with E-state index in [0.717, 1.165) is 24.8 Å². The number of hydrogen-bond acceptors (Lipinski definition) is 6. The number of piperidine rings is 2. The largest absolute Gasteiger partial charge is 0.419 e. The van der Waals surface area contributed by atoms with Crippen molar-refractivity contribution in [2.75, 3.05) is 31.1 Å². The number of anilines is 1. The molecule has 0 saturated carbocycles. The maximum Gasteiger partial charge on any atom is 0.235 e. The van der Waals surface area contributed by atoms with Gasteiger partial charge in [0.15, 0.2) is 0 Å². The van der Waals surface area contributed by atoms with Crippen LogP contribution in [-0.4, -0.2) is 49.1 Å². The first kappa shape index (κ1) is 20.2. The van der Waals surface area contributed by atoms with Crippen molar-refractivity contribution in [2.24, 2.45) is 0 Å². The topological polar surface area (TPSA) is 90.4 Å². The van der Waals surface area contributed by atoms with Crippen molar-refractivity contribution in [2.45, 2.75) is 37.4 Å². The van der Waals surface area contributed by atoms with E-state index in [-0.39, 0.29) is 10.9 Å². The summed E-state index contributed by atoms with van der Waals surface area (Å²) in [4.78, 5) is 6.23. The molecule has 2 aromatic rings. The van der Waals surface area contributed by atoms with Crippen molar-refractivity contribution in [1.82, 2.24) is 9.29 Å². The molecule has 4 rings (SSSR count). The number of aromatic nitrogens is 1. The van der Waals surface area contributed by atoms with E-state index < -0.39 is 10.0 Å². The first-order valence-electron chi connectivity index (χ1n) is 9.90. The first-order chi connectivity index (χ1) is 14.0. The van der Waals surface area contributed by atoms with E-state index in [1.54, 1.807) is 28.6 Å². The van der Waals surface area contributed by atoms with E-state index in [4.69, 9.17) is 16.0 Å². The van der Waals surface area contributed by atoms with Gasteiger partial charge in [-0.05, 0) is 49.9 Å². The lowest BCUT2D eigenvalue weighted by atomic mass is 10.1. The molecular weight excluding hydrogens is 412 g/mol. The number of nitriles is 1. The quantitative estimate of drug-likeness (QED) is 0.729. The summed E-state index contributed by atoms with van der Waals surface area (Å²) >= 11 is 5.93. The van der Waals surface area contributed by atoms with E-state index in [9.17, 15) is 13.7 Å². The number of nitrogens with zero attached hydrogens (tertiary/aromatic N) is 4. The summed E-state index contributed by atoms with van der Waals surface area (Å²) < 4.78 is 33.4. The molecule has 3 heterocycles. The minimum atomic E-state index is -3.27. The predicted octanol–water partition coefficient (Wildman–Crippen LogP) is 3.65. The molecule has 0 bridgehead atoms. The van der Waals surface area contributed by atoms with Gasteiger partial charge in [-0.3, -0.25) is 0 Å². The molecule has 29 heavy (non-hydrogen) atoms. The lowest BCUT2D eigenvalue weighted by molar-refractivity contribution is 0.337. The number of sulfonamides is 1. The first-order valence-corrected chi connectivity index (χ1v) is 11.8. The van der Waals surface area contributed by atoms with Gasteiger partial charge in [-0.25, -0.2) is 12.7 Å². The molecule has 1 aromatic heterocycles. The van der Waals surface area contributed by atoms with Crippen LogP contribution in [0.15, 0.2) is 28.7 Å². The minimum absolute atomic E-state index is 0.215. The molecule has 2 aliphatic rings. The molecule has 2 aliphatic heterocycles. The van der Waals surface area contributed by atoms with Gasteiger partial charge in [0.05, 0.1) is 5.25 Å². The molecule has 0 unspecified atom stereocenters. The van der Waals surface area contributed by atoms with Crippen molar-refractivity contribution in [3.8, 4) is 17.5 Å². The molecule has 0 radical (unpaired) electrons. The van der Waals surface area contributed by atoms with Crippen LogP contribution >= 0.6 is 11.6 Å². The van der Waals surface area contributed by atoms with Crippen molar-refractivity contribution in [3.63, 3.8) is 0 Å². The van der Waals surface area contributed by atoms with Crippen LogP contribution in [0.1, 0.15) is 37.8 Å². The zero-order valence-corrected chi connectivity index (χ0v) is 17.6. The summed E-state index contributed by atoms with van der Waals surface area (Å²) in [6.45, 7) is 2.30. The van der Waals surface area contributed by atoms with Gasteiger partial charge in [0.1, 0.15) is 6.07 Å². The number of rotatable bonds is 4. The van der Waals surface area contributed by atoms with Gasteiger partial charge in [0, 0.05) is 36.8 Å². The van der Waals surface area contributed by atoms with E-state index in [1.807, 2.05) is 4.90 Å². The monoisotopic (exact) mass is 434 g/mol. The van der Waals surface area contributed by atoms with Crippen LogP contribution in [0.2, 0.25) is 5.02 Å². The van der Waals surface area contributed by atoms with Crippen molar-refractivity contribution >= 4 is 27.5 Å². The third-order valence-corrected chi connectivity index (χ3v) is 8.28. The normalized spacial score (nSPS) is 19.2. The van der Waals surface area contributed by atoms with Crippen LogP contribution in [0, 0.1) is 11.3 Å². The fraction of sp³-hybridized carbons (Fsp3) is 0.500. The second-order valence-electron chi connectivity index (χ2n) is 7.48. The lowest BCUT2D eigenvalue weighted by Gasteiger charge is -2.35. The average Bonchev–Trinajstić information content (AvgIpc) is 3.19. The molecule has 0 N–H and O–H groups in total. The summed E-state index contributed by atoms with van der Waals surface area (Å²) in [5.41, 5.74) is 0.951. The van der Waals surface area contributed by atoms with Gasteiger partial charge >= 0.3 is 0 Å². The highest BCUT2D eigenvalue weighted by molar-refractivity contribution is 7.89. The summed E-state index contributed by atoms with van der Waals surface area (Å²) in [6, 6.07) is 9.14. The van der Waals surface area contributed by atoms with E-state index in [2.05, 4.69) is 11.1 Å². The standard InChI is InChI=1S/C20H23ClN4O3S/c21-16-6-4-15(5-7-16)19-23-18(14-22)20(28-19)24-12-8-17(9-13-24)29(26,27)25-10-2-1-3-11-25/h4-7,17H,1-3,8-13H2. The number of benzene rings is 1. The molecule has 0 atom stereocenters. The smallest absolute Gasteiger partial charge is 0.235 e. The van der Waals surface area contributed by atoms with Crippen LogP contribution in [0.5, 0.6) is 0 Å². The molecule has 7 nitrogen and oxygen atoms in total. The second kappa shape index (κ2) is 8.34. The Hall–Kier alpha value is -2.08. The minimum Gasteiger partial charge on any atom is -0.419 e. The van der Waals surface area contributed by atoms with Crippen LogP contribution in [-0.2, 0) is 10.0 Å². The molecule has 154 valence electrons. The number of halogens is 1. The van der Waals surface area contributed by atoms with Gasteiger partial charge in [0.2, 0.25) is 27.5 Å². The van der Waals surface area contributed by atoms with Gasteiger partial charge < -0.3 is 9.32 Å². The Bertz CT molecular complexity index is 999. The van der Waals surface area contributed by atoms with Crippen molar-refractivity contribution < 1.29 is 12.8 Å². The van der Waals surface area contributed by atoms with Gasteiger partial charge in [-0.2, -0.15) is 10.2 Å². The molecule has 1 aromatic carbocycles. The molecule has 2 saturated heterocycles. The molecular formula is C20H23ClN4O3S. The van der Waals surface area contributed by atoms with Gasteiger partial charge in [-0.15, -0.1) is 0 Å². The summed E-state index contributed by atoms with van der Waals surface area (Å²) in [7, 11) is -3.27. The number of oxazole rings is 1. The maximum atomic E-state index is 12.9. The van der Waals surface area contributed by atoms with Gasteiger partial charge in [-0.1, -0.05) is 18.0 Å². The second-order valence-corrected chi connectivity index (χ2v) is 10.1. The summed E-state index contributed by atoms with van der Waals surface area (Å²) in [6.07, 6.45) is 4.01. The van der Waals surface area contributed by atoms with Gasteiger partial charge in [0.25, 0.3) is 0 Å². The summed E-state index contributed by atoms with van der Waals surface area (Å²) in [5, 5.41) is 9.72. The Morgan fingerprint density at radius 3 is 2.34 bits per heavy atom. The third-order valence-electron chi connectivity index (χ3n) is 5.63. The molecule has 2 fully saturated rings. The molecule has 0 aliphatic carbocycles. The molecule has 0 spiro atoms. The predicted molar refractivity (Wildman–Crippen MR) is 111 cm³/mol.